The van der Waals surface area contributed by atoms with Gasteiger partial charge in [-0.3, -0.25) is 28.8 Å². The Morgan fingerprint density at radius 3 is 1.52 bits per heavy atom. The number of Topliss-reactive ketones (excluding diaryl/α,β-unsaturated/α-hetero) is 3. The summed E-state index contributed by atoms with van der Waals surface area (Å²) in [5, 5.41) is 24.4. The van der Waals surface area contributed by atoms with Gasteiger partial charge in [0.15, 0.2) is 17.3 Å². The summed E-state index contributed by atoms with van der Waals surface area (Å²) in [6.45, 7) is 11.9. The lowest BCUT2D eigenvalue weighted by Crippen LogP contribution is -2.54. The fourth-order valence-electron chi connectivity index (χ4n) is 3.69. The summed E-state index contributed by atoms with van der Waals surface area (Å²) >= 11 is 0. The van der Waals surface area contributed by atoms with Crippen LogP contribution in [0.15, 0.2) is 0 Å². The smallest absolute Gasteiger partial charge is 0.323 e. The van der Waals surface area contributed by atoms with Crippen molar-refractivity contribution in [3.8, 4) is 0 Å². The van der Waals surface area contributed by atoms with Gasteiger partial charge in [-0.25, -0.2) is 0 Å². The van der Waals surface area contributed by atoms with Crippen molar-refractivity contribution in [2.75, 3.05) is 79.0 Å². The third-order valence-electron chi connectivity index (χ3n) is 6.42. The Balaban J connectivity index is 4.36. The summed E-state index contributed by atoms with van der Waals surface area (Å²) in [6.07, 6.45) is -0.515. The molecule has 15 nitrogen and oxygen atoms in total. The molecule has 15 heteroatoms. The van der Waals surface area contributed by atoms with Crippen LogP contribution in [0.2, 0.25) is 0 Å². The second kappa shape index (κ2) is 20.3. The Morgan fingerprint density at radius 1 is 0.614 bits per heavy atom. The molecule has 0 saturated carbocycles. The summed E-state index contributed by atoms with van der Waals surface area (Å²) in [4.78, 5) is 72.3. The van der Waals surface area contributed by atoms with E-state index in [1.807, 2.05) is 0 Å². The lowest BCUT2D eigenvalue weighted by Gasteiger charge is -2.32. The van der Waals surface area contributed by atoms with E-state index in [9.17, 15) is 33.9 Å². The van der Waals surface area contributed by atoms with Gasteiger partial charge in [0.05, 0.1) is 69.1 Å². The normalized spacial score (nSPS) is 12.2. The van der Waals surface area contributed by atoms with E-state index in [4.69, 9.17) is 24.1 Å². The lowest BCUT2D eigenvalue weighted by atomic mass is 9.87. The number of hydrogen-bond donors (Lipinski definition) is 4. The standard InChI is InChI=1S/C29H51N3O12/c1-21(33)19-43-14-12-41-11-9-31-29(6,7)23(35)20-44-15-13-42-10-8-30-28(4,5)22(34)17-32(18-25(38)39)26(40)27(2,3)16-24(36)37/h30-31H,8-20H2,1-7H3,(H,36,37)(H,38,39). The monoisotopic (exact) mass is 633 g/mol. The van der Waals surface area contributed by atoms with Gasteiger partial charge in [-0.15, -0.1) is 0 Å². The molecular formula is C29H51N3O12. The number of carbonyl (C=O) groups is 6. The van der Waals surface area contributed by atoms with Gasteiger partial charge in [-0.2, -0.15) is 0 Å². The molecule has 0 heterocycles. The Labute approximate surface area is 259 Å². The number of carbonyl (C=O) groups excluding carboxylic acids is 4. The number of carboxylic acid groups (broad SMARTS) is 2. The van der Waals surface area contributed by atoms with Crippen LogP contribution in [0.1, 0.15) is 54.9 Å². The van der Waals surface area contributed by atoms with Crippen molar-refractivity contribution in [2.45, 2.75) is 66.0 Å². The Hall–Kier alpha value is -2.82. The minimum absolute atomic E-state index is 0.0517. The van der Waals surface area contributed by atoms with Gasteiger partial charge in [0.25, 0.3) is 0 Å². The summed E-state index contributed by atoms with van der Waals surface area (Å²) in [7, 11) is 0. The predicted molar refractivity (Wildman–Crippen MR) is 158 cm³/mol. The highest BCUT2D eigenvalue weighted by molar-refractivity contribution is 5.95. The zero-order valence-electron chi connectivity index (χ0n) is 27.1. The van der Waals surface area contributed by atoms with Crippen molar-refractivity contribution < 1.29 is 57.9 Å². The lowest BCUT2D eigenvalue weighted by molar-refractivity contribution is -0.153. The van der Waals surface area contributed by atoms with Crippen LogP contribution in [0.5, 0.6) is 0 Å². The molecule has 0 fully saturated rings. The molecule has 0 atom stereocenters. The van der Waals surface area contributed by atoms with Crippen molar-refractivity contribution in [3.63, 3.8) is 0 Å². The third-order valence-corrected chi connectivity index (χ3v) is 6.42. The van der Waals surface area contributed by atoms with E-state index in [-0.39, 0.29) is 51.1 Å². The molecule has 4 N–H and O–H groups in total. The quantitative estimate of drug-likeness (QED) is 0.0874. The molecule has 0 bridgehead atoms. The largest absolute Gasteiger partial charge is 0.481 e. The van der Waals surface area contributed by atoms with Crippen LogP contribution in [-0.4, -0.2) is 140 Å². The number of ether oxygens (including phenoxy) is 4. The summed E-state index contributed by atoms with van der Waals surface area (Å²) in [6, 6.07) is 0. The maximum Gasteiger partial charge on any atom is 0.323 e. The molecule has 0 spiro atoms. The third kappa shape index (κ3) is 18.1. The maximum atomic E-state index is 12.9. The van der Waals surface area contributed by atoms with Crippen molar-refractivity contribution in [1.82, 2.24) is 15.5 Å². The number of ketones is 3. The van der Waals surface area contributed by atoms with Gasteiger partial charge in [0.2, 0.25) is 5.91 Å². The molecule has 0 aliphatic heterocycles. The molecule has 44 heavy (non-hydrogen) atoms. The Kier molecular flexibility index (Phi) is 19.0. The summed E-state index contributed by atoms with van der Waals surface area (Å²) in [5.41, 5.74) is -3.35. The van der Waals surface area contributed by atoms with Crippen LogP contribution >= 0.6 is 0 Å². The van der Waals surface area contributed by atoms with E-state index >= 15 is 0 Å². The first-order valence-corrected chi connectivity index (χ1v) is 14.4. The van der Waals surface area contributed by atoms with Gasteiger partial charge in [0, 0.05) is 13.1 Å². The molecule has 0 aliphatic carbocycles. The number of rotatable bonds is 27. The molecule has 0 aliphatic rings. The molecule has 0 aromatic carbocycles. The number of hydrogen-bond acceptors (Lipinski definition) is 12. The second-order valence-electron chi connectivity index (χ2n) is 12.0. The minimum atomic E-state index is -1.39. The maximum absolute atomic E-state index is 12.9. The van der Waals surface area contributed by atoms with Crippen molar-refractivity contribution >= 4 is 35.2 Å². The van der Waals surface area contributed by atoms with Crippen LogP contribution in [0, 0.1) is 5.41 Å². The zero-order valence-corrected chi connectivity index (χ0v) is 27.1. The Bertz CT molecular complexity index is 965. The van der Waals surface area contributed by atoms with Crippen LogP contribution in [0.4, 0.5) is 0 Å². The van der Waals surface area contributed by atoms with E-state index in [0.717, 1.165) is 4.90 Å². The fourth-order valence-corrected chi connectivity index (χ4v) is 3.69. The highest BCUT2D eigenvalue weighted by Crippen LogP contribution is 2.24. The molecule has 0 aromatic heterocycles. The average molecular weight is 634 g/mol. The molecule has 1 amide bonds. The van der Waals surface area contributed by atoms with Crippen LogP contribution < -0.4 is 10.6 Å². The second-order valence-corrected chi connectivity index (χ2v) is 12.0. The SMILES string of the molecule is CC(=O)COCCOCCNC(C)(C)C(=O)COCCOCCNC(C)(C)C(=O)CN(CC(=O)O)C(=O)C(C)(C)CC(=O)O. The first-order chi connectivity index (χ1) is 20.3. The van der Waals surface area contributed by atoms with Crippen LogP contribution in [0.3, 0.4) is 0 Å². The summed E-state index contributed by atoms with van der Waals surface area (Å²) in [5.74, 6) is -3.94. The van der Waals surface area contributed by atoms with E-state index in [2.05, 4.69) is 10.6 Å². The highest BCUT2D eigenvalue weighted by atomic mass is 16.5. The number of amides is 1. The minimum Gasteiger partial charge on any atom is -0.481 e. The van der Waals surface area contributed by atoms with Crippen LogP contribution in [0.25, 0.3) is 0 Å². The van der Waals surface area contributed by atoms with Crippen molar-refractivity contribution in [1.29, 1.82) is 0 Å². The van der Waals surface area contributed by atoms with Crippen molar-refractivity contribution in [3.05, 3.63) is 0 Å². The van der Waals surface area contributed by atoms with Crippen molar-refractivity contribution in [2.24, 2.45) is 5.41 Å². The van der Waals surface area contributed by atoms with Gasteiger partial charge in [-0.05, 0) is 34.6 Å². The van der Waals surface area contributed by atoms with Gasteiger partial charge in [-0.1, -0.05) is 13.8 Å². The zero-order chi connectivity index (χ0) is 34.0. The number of carboxylic acids is 2. The van der Waals surface area contributed by atoms with E-state index < -0.39 is 59.6 Å². The summed E-state index contributed by atoms with van der Waals surface area (Å²) < 4.78 is 21.4. The highest BCUT2D eigenvalue weighted by Gasteiger charge is 2.38. The Morgan fingerprint density at radius 2 is 1.07 bits per heavy atom. The number of nitrogens with one attached hydrogen (secondary N) is 2. The van der Waals surface area contributed by atoms with Gasteiger partial charge < -0.3 is 44.7 Å². The van der Waals surface area contributed by atoms with E-state index in [1.54, 1.807) is 27.7 Å². The number of nitrogens with zero attached hydrogens (tertiary/aromatic N) is 1. The number of aliphatic carboxylic acids is 2. The molecular weight excluding hydrogens is 582 g/mol. The van der Waals surface area contributed by atoms with E-state index in [0.29, 0.717) is 26.4 Å². The van der Waals surface area contributed by atoms with Gasteiger partial charge >= 0.3 is 11.9 Å². The van der Waals surface area contributed by atoms with Gasteiger partial charge in [0.1, 0.15) is 19.8 Å². The molecule has 0 rings (SSSR count). The average Bonchev–Trinajstić information content (AvgIpc) is 2.89. The first-order valence-electron chi connectivity index (χ1n) is 14.4. The fraction of sp³-hybridized carbons (Fsp3) is 0.793. The van der Waals surface area contributed by atoms with E-state index in [1.165, 1.54) is 20.8 Å². The molecule has 254 valence electrons. The molecule has 0 saturated heterocycles. The molecule has 0 radical (unpaired) electrons. The topological polar surface area (TPSA) is 207 Å². The molecule has 0 aromatic rings. The first kappa shape index (κ1) is 41.2. The van der Waals surface area contributed by atoms with Crippen LogP contribution in [-0.2, 0) is 47.7 Å². The molecule has 0 unspecified atom stereocenters. The predicted octanol–water partition coefficient (Wildman–Crippen LogP) is -0.0695.